The highest BCUT2D eigenvalue weighted by Gasteiger charge is 2.19. The van der Waals surface area contributed by atoms with Crippen LogP contribution in [0, 0.1) is 13.8 Å². The first-order valence-corrected chi connectivity index (χ1v) is 16.2. The average Bonchev–Trinajstić information content (AvgIpc) is 3.68. The molecule has 2 amide bonds. The summed E-state index contributed by atoms with van der Waals surface area (Å²) in [6, 6.07) is 26.0. The number of ether oxygens (including phenoxy) is 3. The predicted octanol–water partition coefficient (Wildman–Crippen LogP) is 7.97. The number of nitrogens with zero attached hydrogens (tertiary/aromatic N) is 2. The first-order chi connectivity index (χ1) is 22.7. The van der Waals surface area contributed by atoms with Crippen molar-refractivity contribution >= 4 is 55.6 Å². The summed E-state index contributed by atoms with van der Waals surface area (Å²) in [5, 5.41) is 6.86. The van der Waals surface area contributed by atoms with Crippen LogP contribution in [0.25, 0.3) is 5.69 Å². The van der Waals surface area contributed by atoms with Gasteiger partial charge in [0, 0.05) is 32.8 Å². The van der Waals surface area contributed by atoms with E-state index in [2.05, 4.69) is 78.3 Å². The fourth-order valence-electron chi connectivity index (χ4n) is 4.67. The van der Waals surface area contributed by atoms with Crippen molar-refractivity contribution in [2.24, 2.45) is 5.10 Å². The van der Waals surface area contributed by atoms with Crippen LogP contribution in [-0.4, -0.2) is 35.8 Å². The molecule has 0 fully saturated rings. The number of para-hydroxylation sites is 1. The fraction of sp³-hybridized carbons (Fsp3) is 0.171. The van der Waals surface area contributed by atoms with Gasteiger partial charge in [0.05, 0.1) is 17.3 Å². The Labute approximate surface area is 289 Å². The maximum absolute atomic E-state index is 12.7. The van der Waals surface area contributed by atoms with Gasteiger partial charge < -0.3 is 28.5 Å². The summed E-state index contributed by atoms with van der Waals surface area (Å²) >= 11 is 7.05. The average molecular weight is 764 g/mol. The molecular weight excluding hydrogens is 732 g/mol. The molecule has 12 heteroatoms. The van der Waals surface area contributed by atoms with Crippen LogP contribution in [0.15, 0.2) is 103 Å². The standard InChI is InChI=1S/C35H32Br2N4O6/c1-4-44-30-18-24(32(36)33(37)34(30)46-21-31(42)39-25-8-6-5-7-9-25)19-38-40-35(43)29-17-16-28(47-29)20-45-27-14-12-26(13-15-27)41-22(2)10-11-23(41)3/h5-19H,4,20-21H2,1-3H3,(H,39,42)(H,40,43)/b38-19+. The molecule has 10 nitrogen and oxygen atoms in total. The number of aryl methyl sites for hydroxylation is 2. The van der Waals surface area contributed by atoms with E-state index in [9.17, 15) is 9.59 Å². The summed E-state index contributed by atoms with van der Waals surface area (Å²) in [6.45, 7) is 6.24. The molecule has 0 saturated carbocycles. The molecule has 0 aliphatic carbocycles. The maximum atomic E-state index is 12.7. The van der Waals surface area contributed by atoms with Crippen molar-refractivity contribution in [3.05, 3.63) is 122 Å². The summed E-state index contributed by atoms with van der Waals surface area (Å²) in [5.74, 6) is 1.13. The third-order valence-corrected chi connectivity index (χ3v) is 9.01. The number of benzene rings is 3. The van der Waals surface area contributed by atoms with Gasteiger partial charge >= 0.3 is 5.91 Å². The van der Waals surface area contributed by atoms with Crippen molar-refractivity contribution in [1.29, 1.82) is 0 Å². The number of amides is 2. The van der Waals surface area contributed by atoms with Crippen molar-refractivity contribution in [1.82, 2.24) is 9.99 Å². The van der Waals surface area contributed by atoms with Crippen molar-refractivity contribution < 1.29 is 28.2 Å². The van der Waals surface area contributed by atoms with Crippen molar-refractivity contribution in [2.75, 3.05) is 18.5 Å². The Bertz CT molecular complexity index is 1860. The summed E-state index contributed by atoms with van der Waals surface area (Å²) in [7, 11) is 0. The van der Waals surface area contributed by atoms with Gasteiger partial charge in [-0.25, -0.2) is 5.43 Å². The van der Waals surface area contributed by atoms with Crippen LogP contribution in [0.5, 0.6) is 17.2 Å². The van der Waals surface area contributed by atoms with Gasteiger partial charge in [-0.2, -0.15) is 5.10 Å². The van der Waals surface area contributed by atoms with Crippen LogP contribution in [0.1, 0.15) is 40.2 Å². The Morgan fingerprint density at radius 1 is 0.894 bits per heavy atom. The summed E-state index contributed by atoms with van der Waals surface area (Å²) < 4.78 is 26.4. The summed E-state index contributed by atoms with van der Waals surface area (Å²) in [6.07, 6.45) is 1.45. The second-order valence-corrected chi connectivity index (χ2v) is 11.8. The minimum Gasteiger partial charge on any atom is -0.490 e. The lowest BCUT2D eigenvalue weighted by atomic mass is 10.2. The lowest BCUT2D eigenvalue weighted by Crippen LogP contribution is -2.20. The van der Waals surface area contributed by atoms with Crippen molar-refractivity contribution in [2.45, 2.75) is 27.4 Å². The van der Waals surface area contributed by atoms with Crippen LogP contribution in [0.3, 0.4) is 0 Å². The molecule has 0 saturated heterocycles. The van der Waals surface area contributed by atoms with Gasteiger partial charge in [0.1, 0.15) is 18.1 Å². The highest BCUT2D eigenvalue weighted by Crippen LogP contribution is 2.42. The Hall–Kier alpha value is -4.81. The van der Waals surface area contributed by atoms with Crippen molar-refractivity contribution in [3.63, 3.8) is 0 Å². The molecule has 242 valence electrons. The number of rotatable bonds is 13. The predicted molar refractivity (Wildman–Crippen MR) is 187 cm³/mol. The number of furan rings is 1. The summed E-state index contributed by atoms with van der Waals surface area (Å²) in [4.78, 5) is 25.1. The summed E-state index contributed by atoms with van der Waals surface area (Å²) in [5.41, 5.74) is 7.09. The van der Waals surface area contributed by atoms with Gasteiger partial charge in [-0.15, -0.1) is 0 Å². The molecule has 5 aromatic rings. The number of carbonyl (C=O) groups excluding carboxylic acids is 2. The Morgan fingerprint density at radius 3 is 2.32 bits per heavy atom. The zero-order valence-electron chi connectivity index (χ0n) is 25.9. The number of halogens is 2. The molecule has 0 aliphatic rings. The van der Waals surface area contributed by atoms with E-state index in [1.165, 1.54) is 6.21 Å². The van der Waals surface area contributed by atoms with E-state index < -0.39 is 5.91 Å². The quantitative estimate of drug-likeness (QED) is 0.0929. The number of hydrogen-bond donors (Lipinski definition) is 2. The number of aromatic nitrogens is 1. The molecule has 0 unspecified atom stereocenters. The molecule has 2 heterocycles. The Morgan fingerprint density at radius 2 is 1.62 bits per heavy atom. The van der Waals surface area contributed by atoms with Gasteiger partial charge in [0.2, 0.25) is 0 Å². The van der Waals surface area contributed by atoms with Gasteiger partial charge in [0.15, 0.2) is 23.9 Å². The molecule has 2 N–H and O–H groups in total. The van der Waals surface area contributed by atoms with Crippen molar-refractivity contribution in [3.8, 4) is 22.9 Å². The number of hydrogen-bond acceptors (Lipinski definition) is 7. The molecule has 0 aliphatic heterocycles. The number of anilines is 1. The molecule has 5 rings (SSSR count). The van der Waals surface area contributed by atoms with E-state index in [1.54, 1.807) is 30.3 Å². The Kier molecular flexibility index (Phi) is 11.2. The molecule has 2 aromatic heterocycles. The molecular formula is C35H32Br2N4O6. The van der Waals surface area contributed by atoms with Crippen LogP contribution in [0.4, 0.5) is 5.69 Å². The lowest BCUT2D eigenvalue weighted by Gasteiger charge is -2.16. The third kappa shape index (κ3) is 8.52. The lowest BCUT2D eigenvalue weighted by molar-refractivity contribution is -0.118. The van der Waals surface area contributed by atoms with Crippen LogP contribution in [-0.2, 0) is 11.4 Å². The van der Waals surface area contributed by atoms with Crippen LogP contribution >= 0.6 is 31.9 Å². The second kappa shape index (κ2) is 15.7. The topological polar surface area (TPSA) is 116 Å². The number of hydrazone groups is 1. The van der Waals surface area contributed by atoms with E-state index in [0.717, 1.165) is 17.1 Å². The van der Waals surface area contributed by atoms with Gasteiger partial charge in [-0.1, -0.05) is 18.2 Å². The molecule has 0 bridgehead atoms. The molecule has 0 spiro atoms. The van der Waals surface area contributed by atoms with Gasteiger partial charge in [-0.3, -0.25) is 9.59 Å². The normalized spacial score (nSPS) is 11.0. The highest BCUT2D eigenvalue weighted by molar-refractivity contribution is 9.13. The first kappa shape index (κ1) is 33.6. The zero-order chi connectivity index (χ0) is 33.3. The molecule has 47 heavy (non-hydrogen) atoms. The van der Waals surface area contributed by atoms with E-state index in [4.69, 9.17) is 18.6 Å². The zero-order valence-corrected chi connectivity index (χ0v) is 29.1. The smallest absolute Gasteiger partial charge is 0.307 e. The van der Waals surface area contributed by atoms with E-state index >= 15 is 0 Å². The SMILES string of the molecule is CCOc1cc(/C=N/NC(=O)c2ccc(COc3ccc(-n4c(C)ccc4C)cc3)o2)c(Br)c(Br)c1OCC(=O)Nc1ccccc1. The highest BCUT2D eigenvalue weighted by atomic mass is 79.9. The molecule has 3 aromatic carbocycles. The first-order valence-electron chi connectivity index (χ1n) is 14.7. The van der Waals surface area contributed by atoms with Gasteiger partial charge in [0.25, 0.3) is 5.91 Å². The monoisotopic (exact) mass is 762 g/mol. The Balaban J connectivity index is 1.17. The number of nitrogens with one attached hydrogen (secondary N) is 2. The van der Waals surface area contributed by atoms with E-state index in [1.807, 2.05) is 49.4 Å². The largest absolute Gasteiger partial charge is 0.490 e. The van der Waals surface area contributed by atoms with Crippen LogP contribution in [0.2, 0.25) is 0 Å². The van der Waals surface area contributed by atoms with Crippen LogP contribution < -0.4 is 25.0 Å². The molecule has 0 radical (unpaired) electrons. The maximum Gasteiger partial charge on any atom is 0.307 e. The minimum absolute atomic E-state index is 0.0856. The third-order valence-electron chi connectivity index (χ3n) is 6.86. The molecule has 0 atom stereocenters. The minimum atomic E-state index is -0.529. The van der Waals surface area contributed by atoms with E-state index in [-0.39, 0.29) is 24.9 Å². The van der Waals surface area contributed by atoms with E-state index in [0.29, 0.717) is 49.8 Å². The van der Waals surface area contributed by atoms with Gasteiger partial charge in [-0.05, 0) is 119 Å². The fourth-order valence-corrected chi connectivity index (χ4v) is 5.60. The number of carbonyl (C=O) groups is 2. The second-order valence-electron chi connectivity index (χ2n) is 10.3.